The van der Waals surface area contributed by atoms with E-state index in [9.17, 15) is 0 Å². The average molecular weight is 667 g/mol. The molecule has 0 aliphatic carbocycles. The van der Waals surface area contributed by atoms with E-state index in [1.54, 1.807) is 0 Å². The third kappa shape index (κ3) is 4.41. The van der Waals surface area contributed by atoms with Crippen LogP contribution in [-0.2, 0) is 0 Å². The van der Waals surface area contributed by atoms with Gasteiger partial charge in [-0.1, -0.05) is 97.1 Å². The minimum Gasteiger partial charge on any atom is -0.456 e. The summed E-state index contributed by atoms with van der Waals surface area (Å²) in [4.78, 5) is 2.29. The number of hydrogen-bond donors (Lipinski definition) is 0. The molecule has 4 heteroatoms. The number of nitrogens with zero attached hydrogens (tertiary/aromatic N) is 2. The molecule has 244 valence electrons. The quantitative estimate of drug-likeness (QED) is 0.183. The fourth-order valence-corrected chi connectivity index (χ4v) is 7.96. The minimum atomic E-state index is 0.860. The summed E-state index contributed by atoms with van der Waals surface area (Å²) in [6, 6.07) is 64.4. The van der Waals surface area contributed by atoms with Crippen LogP contribution in [0.25, 0.3) is 82.5 Å². The summed E-state index contributed by atoms with van der Waals surface area (Å²) in [6.45, 7) is 0. The number of aromatic nitrogens is 1. The van der Waals surface area contributed by atoms with Gasteiger partial charge in [-0.15, -0.1) is 0 Å². The fraction of sp³-hybridized carbons (Fsp3) is 0. The van der Waals surface area contributed by atoms with Crippen LogP contribution in [0, 0.1) is 0 Å². The molecule has 0 spiro atoms. The smallest absolute Gasteiger partial charge is 0.137 e. The van der Waals surface area contributed by atoms with Gasteiger partial charge in [-0.3, -0.25) is 0 Å². The predicted octanol–water partition coefficient (Wildman–Crippen LogP) is 13.7. The molecule has 0 fully saturated rings. The lowest BCUT2D eigenvalue weighted by Gasteiger charge is -2.25. The standard InChI is InChI=1S/C48H30N2O2/c1-5-13-43-37(9-1)38-10-2-6-14-44(38)50(43)34-23-19-32(20-24-34)31-17-21-33(22-18-31)49(35-26-28-47-42(29-35)40-12-4-8-16-46(40)51-47)36-25-27-41-39-11-3-7-15-45(39)52-48(41)30-36/h1-30H. The second-order valence-electron chi connectivity index (χ2n) is 13.4. The van der Waals surface area contributed by atoms with E-state index in [1.807, 2.05) is 24.3 Å². The maximum atomic E-state index is 6.35. The summed E-state index contributed by atoms with van der Waals surface area (Å²) >= 11 is 0. The molecule has 0 aliphatic heterocycles. The Morgan fingerprint density at radius 2 is 0.788 bits per heavy atom. The van der Waals surface area contributed by atoms with Gasteiger partial charge in [-0.2, -0.15) is 0 Å². The van der Waals surface area contributed by atoms with Gasteiger partial charge in [0.05, 0.1) is 11.0 Å². The number of para-hydroxylation sites is 4. The van der Waals surface area contributed by atoms with Crippen molar-refractivity contribution >= 4 is 82.7 Å². The third-order valence-electron chi connectivity index (χ3n) is 10.4. The lowest BCUT2D eigenvalue weighted by molar-refractivity contribution is 0.668. The number of fused-ring (bicyclic) bond motifs is 9. The Balaban J connectivity index is 1.00. The first-order valence-corrected chi connectivity index (χ1v) is 17.6. The van der Waals surface area contributed by atoms with E-state index in [2.05, 4.69) is 167 Å². The molecule has 0 saturated carbocycles. The molecule has 0 amide bonds. The maximum absolute atomic E-state index is 6.35. The van der Waals surface area contributed by atoms with Crippen LogP contribution in [0.15, 0.2) is 191 Å². The molecule has 0 N–H and O–H groups in total. The van der Waals surface area contributed by atoms with Crippen molar-refractivity contribution in [3.8, 4) is 16.8 Å². The summed E-state index contributed by atoms with van der Waals surface area (Å²) in [7, 11) is 0. The number of rotatable bonds is 5. The van der Waals surface area contributed by atoms with Crippen LogP contribution in [-0.4, -0.2) is 4.57 Å². The zero-order valence-corrected chi connectivity index (χ0v) is 28.0. The van der Waals surface area contributed by atoms with Gasteiger partial charge in [0.2, 0.25) is 0 Å². The third-order valence-corrected chi connectivity index (χ3v) is 10.4. The van der Waals surface area contributed by atoms with Crippen molar-refractivity contribution in [1.29, 1.82) is 0 Å². The topological polar surface area (TPSA) is 34.5 Å². The first kappa shape index (κ1) is 28.8. The molecule has 11 aromatic rings. The molecule has 4 nitrogen and oxygen atoms in total. The van der Waals surface area contributed by atoms with Crippen molar-refractivity contribution in [2.24, 2.45) is 0 Å². The van der Waals surface area contributed by atoms with Gasteiger partial charge >= 0.3 is 0 Å². The first-order chi connectivity index (χ1) is 25.8. The zero-order valence-electron chi connectivity index (χ0n) is 28.0. The van der Waals surface area contributed by atoms with Crippen molar-refractivity contribution < 1.29 is 8.83 Å². The van der Waals surface area contributed by atoms with E-state index in [1.165, 1.54) is 21.8 Å². The van der Waals surface area contributed by atoms with Gasteiger partial charge < -0.3 is 18.3 Å². The van der Waals surface area contributed by atoms with Crippen molar-refractivity contribution in [3.05, 3.63) is 182 Å². The number of furan rings is 2. The number of anilines is 3. The summed E-state index contributed by atoms with van der Waals surface area (Å²) < 4.78 is 14.9. The highest BCUT2D eigenvalue weighted by atomic mass is 16.3. The summed E-state index contributed by atoms with van der Waals surface area (Å²) in [5.74, 6) is 0. The van der Waals surface area contributed by atoms with Crippen molar-refractivity contribution in [2.75, 3.05) is 4.90 Å². The molecule has 0 saturated heterocycles. The van der Waals surface area contributed by atoms with Gasteiger partial charge in [0.1, 0.15) is 22.3 Å². The van der Waals surface area contributed by atoms with E-state index >= 15 is 0 Å². The second kappa shape index (κ2) is 11.2. The van der Waals surface area contributed by atoms with E-state index in [-0.39, 0.29) is 0 Å². The fourth-order valence-electron chi connectivity index (χ4n) is 7.96. The van der Waals surface area contributed by atoms with Crippen molar-refractivity contribution in [2.45, 2.75) is 0 Å². The van der Waals surface area contributed by atoms with Crippen LogP contribution in [0.4, 0.5) is 17.1 Å². The maximum Gasteiger partial charge on any atom is 0.137 e. The van der Waals surface area contributed by atoms with Crippen LogP contribution < -0.4 is 4.90 Å². The van der Waals surface area contributed by atoms with Crippen LogP contribution in [0.1, 0.15) is 0 Å². The molecule has 0 aliphatic rings. The summed E-state index contributed by atoms with van der Waals surface area (Å²) in [6.07, 6.45) is 0. The molecule has 0 radical (unpaired) electrons. The molecular weight excluding hydrogens is 637 g/mol. The molecule has 3 heterocycles. The Bertz CT molecular complexity index is 3070. The minimum absolute atomic E-state index is 0.860. The van der Waals surface area contributed by atoms with E-state index < -0.39 is 0 Å². The summed E-state index contributed by atoms with van der Waals surface area (Å²) in [5, 5.41) is 6.95. The first-order valence-electron chi connectivity index (χ1n) is 17.6. The predicted molar refractivity (Wildman–Crippen MR) is 215 cm³/mol. The Morgan fingerprint density at radius 1 is 0.327 bits per heavy atom. The van der Waals surface area contributed by atoms with Gasteiger partial charge in [-0.25, -0.2) is 0 Å². The Labute approximate surface area is 299 Å². The number of benzene rings is 8. The molecule has 0 unspecified atom stereocenters. The highest BCUT2D eigenvalue weighted by Gasteiger charge is 2.18. The zero-order chi connectivity index (χ0) is 34.2. The second-order valence-corrected chi connectivity index (χ2v) is 13.4. The van der Waals surface area contributed by atoms with E-state index in [4.69, 9.17) is 8.83 Å². The Morgan fingerprint density at radius 3 is 1.46 bits per heavy atom. The van der Waals surface area contributed by atoms with Crippen molar-refractivity contribution in [3.63, 3.8) is 0 Å². The highest BCUT2D eigenvalue weighted by Crippen LogP contribution is 2.41. The van der Waals surface area contributed by atoms with Crippen LogP contribution in [0.2, 0.25) is 0 Å². The lowest BCUT2D eigenvalue weighted by atomic mass is 10.0. The number of hydrogen-bond acceptors (Lipinski definition) is 3. The van der Waals surface area contributed by atoms with Crippen LogP contribution >= 0.6 is 0 Å². The van der Waals surface area contributed by atoms with Gasteiger partial charge in [-0.05, 0) is 90.0 Å². The summed E-state index contributed by atoms with van der Waals surface area (Å²) in [5.41, 5.74) is 12.5. The van der Waals surface area contributed by atoms with Crippen molar-refractivity contribution in [1.82, 2.24) is 4.57 Å². The molecule has 0 bridgehead atoms. The van der Waals surface area contributed by atoms with Gasteiger partial charge in [0.25, 0.3) is 0 Å². The molecule has 52 heavy (non-hydrogen) atoms. The van der Waals surface area contributed by atoms with E-state index in [0.29, 0.717) is 0 Å². The van der Waals surface area contributed by atoms with Gasteiger partial charge in [0, 0.05) is 61.1 Å². The normalized spacial score (nSPS) is 11.8. The molecular formula is C48H30N2O2. The monoisotopic (exact) mass is 666 g/mol. The highest BCUT2D eigenvalue weighted by molar-refractivity contribution is 6.10. The molecule has 8 aromatic carbocycles. The largest absolute Gasteiger partial charge is 0.456 e. The van der Waals surface area contributed by atoms with E-state index in [0.717, 1.165) is 77.8 Å². The molecule has 11 rings (SSSR count). The van der Waals surface area contributed by atoms with Crippen LogP contribution in [0.3, 0.4) is 0 Å². The molecule has 0 atom stereocenters. The Hall–Kier alpha value is -7.04. The molecule has 3 aromatic heterocycles. The lowest BCUT2D eigenvalue weighted by Crippen LogP contribution is -2.09. The Kier molecular flexibility index (Phi) is 6.22. The van der Waals surface area contributed by atoms with Gasteiger partial charge in [0.15, 0.2) is 0 Å². The van der Waals surface area contributed by atoms with Crippen LogP contribution in [0.5, 0.6) is 0 Å². The average Bonchev–Trinajstić information content (AvgIpc) is 3.88. The SMILES string of the molecule is c1ccc2c(c1)oc1cc(N(c3ccc(-c4ccc(-n5c6ccccc6c6ccccc65)cc4)cc3)c3ccc4oc5ccccc5c4c3)ccc12.